The van der Waals surface area contributed by atoms with Crippen LogP contribution in [0.3, 0.4) is 0 Å². The van der Waals surface area contributed by atoms with Crippen LogP contribution in [0.15, 0.2) is 23.6 Å². The van der Waals surface area contributed by atoms with E-state index in [9.17, 15) is 0 Å². The van der Waals surface area contributed by atoms with E-state index >= 15 is 0 Å². The maximum absolute atomic E-state index is 5.41. The summed E-state index contributed by atoms with van der Waals surface area (Å²) in [7, 11) is 0. The van der Waals surface area contributed by atoms with Crippen molar-refractivity contribution in [1.29, 1.82) is 0 Å². The SMILES string of the molecule is C1=CC2=C(CC1)NCCO2. The monoisotopic (exact) mass is 137 g/mol. The Bertz CT molecular complexity index is 193. The van der Waals surface area contributed by atoms with Crippen LogP contribution in [-0.4, -0.2) is 13.2 Å². The van der Waals surface area contributed by atoms with Crippen molar-refractivity contribution in [3.05, 3.63) is 23.6 Å². The summed E-state index contributed by atoms with van der Waals surface area (Å²) in [6.07, 6.45) is 6.48. The van der Waals surface area contributed by atoms with Gasteiger partial charge in [0.25, 0.3) is 0 Å². The van der Waals surface area contributed by atoms with Crippen LogP contribution in [0.1, 0.15) is 12.8 Å². The molecule has 0 aromatic heterocycles. The summed E-state index contributed by atoms with van der Waals surface area (Å²) in [5, 5.41) is 3.32. The summed E-state index contributed by atoms with van der Waals surface area (Å²) in [6.45, 7) is 1.77. The first-order chi connectivity index (χ1) is 4.97. The number of hydrogen-bond acceptors (Lipinski definition) is 2. The number of allylic oxidation sites excluding steroid dienone is 3. The molecule has 0 saturated carbocycles. The molecule has 0 aromatic carbocycles. The molecule has 0 saturated heterocycles. The molecule has 2 nitrogen and oxygen atoms in total. The minimum Gasteiger partial charge on any atom is -0.490 e. The average Bonchev–Trinajstić information content (AvgIpc) is 2.05. The second kappa shape index (κ2) is 2.37. The minimum absolute atomic E-state index is 0.809. The van der Waals surface area contributed by atoms with Crippen LogP contribution in [0.5, 0.6) is 0 Å². The third kappa shape index (κ3) is 0.897. The van der Waals surface area contributed by atoms with Crippen LogP contribution in [0.4, 0.5) is 0 Å². The molecule has 1 heterocycles. The van der Waals surface area contributed by atoms with Crippen LogP contribution in [0.25, 0.3) is 0 Å². The molecule has 0 fully saturated rings. The first-order valence-electron chi connectivity index (χ1n) is 3.73. The Balaban J connectivity index is 2.23. The van der Waals surface area contributed by atoms with Gasteiger partial charge in [0.1, 0.15) is 12.4 Å². The highest BCUT2D eigenvalue weighted by Gasteiger charge is 2.12. The Kier molecular flexibility index (Phi) is 1.38. The first-order valence-corrected chi connectivity index (χ1v) is 3.73. The number of hydrogen-bond donors (Lipinski definition) is 1. The summed E-state index contributed by atoms with van der Waals surface area (Å²) >= 11 is 0. The molecule has 54 valence electrons. The van der Waals surface area contributed by atoms with Gasteiger partial charge in [-0.2, -0.15) is 0 Å². The average molecular weight is 137 g/mol. The lowest BCUT2D eigenvalue weighted by molar-refractivity contribution is 0.200. The van der Waals surface area contributed by atoms with Gasteiger partial charge in [0.15, 0.2) is 0 Å². The zero-order valence-electron chi connectivity index (χ0n) is 5.89. The van der Waals surface area contributed by atoms with E-state index in [0.29, 0.717) is 0 Å². The van der Waals surface area contributed by atoms with E-state index in [-0.39, 0.29) is 0 Å². The molecule has 10 heavy (non-hydrogen) atoms. The van der Waals surface area contributed by atoms with Crippen LogP contribution < -0.4 is 5.32 Å². The lowest BCUT2D eigenvalue weighted by Gasteiger charge is -2.23. The van der Waals surface area contributed by atoms with Crippen molar-refractivity contribution in [3.8, 4) is 0 Å². The first kappa shape index (κ1) is 5.83. The zero-order valence-corrected chi connectivity index (χ0v) is 5.89. The van der Waals surface area contributed by atoms with E-state index in [0.717, 1.165) is 31.8 Å². The third-order valence-corrected chi connectivity index (χ3v) is 1.83. The smallest absolute Gasteiger partial charge is 0.137 e. The molecule has 0 amide bonds. The Morgan fingerprint density at radius 1 is 1.50 bits per heavy atom. The molecule has 1 N–H and O–H groups in total. The highest BCUT2D eigenvalue weighted by molar-refractivity contribution is 5.24. The lowest BCUT2D eigenvalue weighted by atomic mass is 10.1. The Morgan fingerprint density at radius 3 is 3.40 bits per heavy atom. The molecule has 1 aliphatic carbocycles. The van der Waals surface area contributed by atoms with E-state index in [2.05, 4.69) is 17.5 Å². The lowest BCUT2D eigenvalue weighted by Crippen LogP contribution is -2.27. The van der Waals surface area contributed by atoms with E-state index in [4.69, 9.17) is 4.74 Å². The molecule has 2 aliphatic rings. The zero-order chi connectivity index (χ0) is 6.81. The molecule has 0 atom stereocenters. The fraction of sp³-hybridized carbons (Fsp3) is 0.500. The number of ether oxygens (including phenoxy) is 1. The van der Waals surface area contributed by atoms with Gasteiger partial charge < -0.3 is 10.1 Å². The van der Waals surface area contributed by atoms with Gasteiger partial charge >= 0.3 is 0 Å². The Hall–Kier alpha value is -0.920. The summed E-state index contributed by atoms with van der Waals surface area (Å²) in [4.78, 5) is 0. The highest BCUT2D eigenvalue weighted by atomic mass is 16.5. The van der Waals surface area contributed by atoms with E-state index in [1.807, 2.05) is 0 Å². The van der Waals surface area contributed by atoms with Gasteiger partial charge in [-0.05, 0) is 18.9 Å². The summed E-state index contributed by atoms with van der Waals surface area (Å²) in [6, 6.07) is 0. The van der Waals surface area contributed by atoms with Gasteiger partial charge in [0.05, 0.1) is 5.70 Å². The van der Waals surface area contributed by atoms with Crippen molar-refractivity contribution < 1.29 is 4.74 Å². The van der Waals surface area contributed by atoms with Crippen molar-refractivity contribution in [3.63, 3.8) is 0 Å². The highest BCUT2D eigenvalue weighted by Crippen LogP contribution is 2.19. The van der Waals surface area contributed by atoms with Crippen molar-refractivity contribution in [1.82, 2.24) is 5.32 Å². The fourth-order valence-electron chi connectivity index (χ4n) is 1.32. The fourth-order valence-corrected chi connectivity index (χ4v) is 1.32. The van der Waals surface area contributed by atoms with Gasteiger partial charge in [-0.25, -0.2) is 0 Å². The second-order valence-corrected chi connectivity index (χ2v) is 2.56. The quantitative estimate of drug-likeness (QED) is 0.541. The number of rotatable bonds is 0. The van der Waals surface area contributed by atoms with Crippen molar-refractivity contribution >= 4 is 0 Å². The largest absolute Gasteiger partial charge is 0.490 e. The molecule has 0 spiro atoms. The summed E-state index contributed by atoms with van der Waals surface area (Å²) in [5.74, 6) is 1.05. The van der Waals surface area contributed by atoms with Crippen molar-refractivity contribution in [2.24, 2.45) is 0 Å². The topological polar surface area (TPSA) is 21.3 Å². The van der Waals surface area contributed by atoms with Crippen LogP contribution >= 0.6 is 0 Å². The van der Waals surface area contributed by atoms with Crippen molar-refractivity contribution in [2.45, 2.75) is 12.8 Å². The standard InChI is InChI=1S/C8H11NO/c1-2-4-8-7(3-1)9-5-6-10-8/h2,4,9H,1,3,5-6H2. The molecule has 1 aliphatic heterocycles. The summed E-state index contributed by atoms with van der Waals surface area (Å²) < 4.78 is 5.41. The molecule has 0 aromatic rings. The third-order valence-electron chi connectivity index (χ3n) is 1.83. The van der Waals surface area contributed by atoms with Gasteiger partial charge in [-0.15, -0.1) is 0 Å². The maximum Gasteiger partial charge on any atom is 0.137 e. The Morgan fingerprint density at radius 2 is 2.50 bits per heavy atom. The molecule has 0 bridgehead atoms. The van der Waals surface area contributed by atoms with Crippen LogP contribution in [-0.2, 0) is 4.74 Å². The molecular formula is C8H11NO. The normalized spacial score (nSPS) is 23.2. The van der Waals surface area contributed by atoms with Gasteiger partial charge in [0, 0.05) is 6.54 Å². The predicted molar refractivity (Wildman–Crippen MR) is 39.4 cm³/mol. The van der Waals surface area contributed by atoms with E-state index in [1.165, 1.54) is 5.70 Å². The molecule has 0 radical (unpaired) electrons. The van der Waals surface area contributed by atoms with Crippen LogP contribution in [0, 0.1) is 0 Å². The summed E-state index contributed by atoms with van der Waals surface area (Å²) in [5.41, 5.74) is 1.29. The second-order valence-electron chi connectivity index (χ2n) is 2.56. The van der Waals surface area contributed by atoms with E-state index < -0.39 is 0 Å². The van der Waals surface area contributed by atoms with Gasteiger partial charge in [-0.3, -0.25) is 0 Å². The predicted octanol–water partition coefficient (Wildman–Crippen LogP) is 1.17. The van der Waals surface area contributed by atoms with Crippen LogP contribution in [0.2, 0.25) is 0 Å². The molecule has 0 unspecified atom stereocenters. The van der Waals surface area contributed by atoms with Gasteiger partial charge in [-0.1, -0.05) is 6.08 Å². The van der Waals surface area contributed by atoms with Crippen molar-refractivity contribution in [2.75, 3.05) is 13.2 Å². The van der Waals surface area contributed by atoms with E-state index in [1.54, 1.807) is 0 Å². The van der Waals surface area contributed by atoms with Gasteiger partial charge in [0.2, 0.25) is 0 Å². The Labute approximate surface area is 60.6 Å². The molecule has 2 rings (SSSR count). The maximum atomic E-state index is 5.41. The molecular weight excluding hydrogens is 126 g/mol. The minimum atomic E-state index is 0.809. The molecule has 2 heteroatoms. The number of nitrogens with one attached hydrogen (secondary N) is 1.